The summed E-state index contributed by atoms with van der Waals surface area (Å²) in [6.45, 7) is 3.76. The molecule has 0 spiro atoms. The SMILES string of the molecule is CCN(CC1CCC1)C(N)=NO. The van der Waals surface area contributed by atoms with E-state index in [-0.39, 0.29) is 5.96 Å². The van der Waals surface area contributed by atoms with Gasteiger partial charge in [-0.3, -0.25) is 0 Å². The normalized spacial score (nSPS) is 18.9. The zero-order valence-electron chi connectivity index (χ0n) is 7.53. The molecule has 0 aliphatic heterocycles. The zero-order chi connectivity index (χ0) is 8.97. The number of oxime groups is 1. The molecule has 0 unspecified atom stereocenters. The molecule has 0 atom stereocenters. The fourth-order valence-electron chi connectivity index (χ4n) is 1.43. The predicted octanol–water partition coefficient (Wildman–Crippen LogP) is 0.812. The first-order valence-electron chi connectivity index (χ1n) is 4.50. The van der Waals surface area contributed by atoms with Gasteiger partial charge in [-0.15, -0.1) is 0 Å². The van der Waals surface area contributed by atoms with E-state index in [9.17, 15) is 0 Å². The second-order valence-corrected chi connectivity index (χ2v) is 3.29. The maximum Gasteiger partial charge on any atom is 0.233 e. The summed E-state index contributed by atoms with van der Waals surface area (Å²) in [4.78, 5) is 1.91. The van der Waals surface area contributed by atoms with E-state index < -0.39 is 0 Å². The van der Waals surface area contributed by atoms with Gasteiger partial charge in [0.15, 0.2) is 0 Å². The fraction of sp³-hybridized carbons (Fsp3) is 0.875. The molecule has 1 fully saturated rings. The van der Waals surface area contributed by atoms with Crippen molar-refractivity contribution >= 4 is 5.96 Å². The number of nitrogens with zero attached hydrogens (tertiary/aromatic N) is 2. The molecule has 70 valence electrons. The standard InChI is InChI=1S/C8H17N3O/c1-2-11(8(9)10-12)6-7-4-3-5-7/h7,12H,2-6H2,1H3,(H2,9,10). The van der Waals surface area contributed by atoms with E-state index in [2.05, 4.69) is 5.16 Å². The molecule has 0 heterocycles. The van der Waals surface area contributed by atoms with E-state index in [1.54, 1.807) is 0 Å². The van der Waals surface area contributed by atoms with Crippen LogP contribution in [-0.4, -0.2) is 29.2 Å². The van der Waals surface area contributed by atoms with Crippen molar-refractivity contribution in [2.24, 2.45) is 16.8 Å². The summed E-state index contributed by atoms with van der Waals surface area (Å²) in [6.07, 6.45) is 3.91. The molecule has 1 aliphatic rings. The van der Waals surface area contributed by atoms with E-state index in [1.807, 2.05) is 11.8 Å². The van der Waals surface area contributed by atoms with Gasteiger partial charge >= 0.3 is 0 Å². The van der Waals surface area contributed by atoms with E-state index in [0.717, 1.165) is 19.0 Å². The van der Waals surface area contributed by atoms with Crippen molar-refractivity contribution in [1.82, 2.24) is 4.90 Å². The average molecular weight is 171 g/mol. The van der Waals surface area contributed by atoms with Gasteiger partial charge in [0.1, 0.15) is 0 Å². The Morgan fingerprint density at radius 3 is 2.67 bits per heavy atom. The van der Waals surface area contributed by atoms with Gasteiger partial charge in [0.2, 0.25) is 5.96 Å². The zero-order valence-corrected chi connectivity index (χ0v) is 7.53. The van der Waals surface area contributed by atoms with Crippen LogP contribution in [0.25, 0.3) is 0 Å². The third kappa shape index (κ3) is 2.03. The third-order valence-electron chi connectivity index (χ3n) is 2.51. The number of guanidine groups is 1. The topological polar surface area (TPSA) is 61.8 Å². The molecular formula is C8H17N3O. The maximum atomic E-state index is 8.46. The minimum Gasteiger partial charge on any atom is -0.408 e. The molecule has 3 N–H and O–H groups in total. The molecule has 4 heteroatoms. The minimum atomic E-state index is 0.240. The van der Waals surface area contributed by atoms with Crippen molar-refractivity contribution in [3.63, 3.8) is 0 Å². The van der Waals surface area contributed by atoms with Crippen molar-refractivity contribution in [1.29, 1.82) is 0 Å². The molecule has 1 rings (SSSR count). The van der Waals surface area contributed by atoms with E-state index in [0.29, 0.717) is 0 Å². The lowest BCUT2D eigenvalue weighted by Gasteiger charge is -2.31. The van der Waals surface area contributed by atoms with Crippen LogP contribution in [0.15, 0.2) is 5.16 Å². The molecular weight excluding hydrogens is 154 g/mol. The van der Waals surface area contributed by atoms with Crippen LogP contribution in [0.2, 0.25) is 0 Å². The first-order valence-corrected chi connectivity index (χ1v) is 4.50. The highest BCUT2D eigenvalue weighted by Gasteiger charge is 2.20. The van der Waals surface area contributed by atoms with Crippen molar-refractivity contribution in [3.05, 3.63) is 0 Å². The Labute approximate surface area is 73.0 Å². The smallest absolute Gasteiger partial charge is 0.233 e. The molecule has 4 nitrogen and oxygen atoms in total. The molecule has 0 bridgehead atoms. The van der Waals surface area contributed by atoms with Crippen LogP contribution < -0.4 is 5.73 Å². The summed E-state index contributed by atoms with van der Waals surface area (Å²) < 4.78 is 0. The lowest BCUT2D eigenvalue weighted by Crippen LogP contribution is -2.41. The summed E-state index contributed by atoms with van der Waals surface area (Å²) in [7, 11) is 0. The molecule has 0 aromatic heterocycles. The minimum absolute atomic E-state index is 0.240. The van der Waals surface area contributed by atoms with Gasteiger partial charge in [0, 0.05) is 13.1 Å². The Morgan fingerprint density at radius 2 is 2.33 bits per heavy atom. The first-order chi connectivity index (χ1) is 5.77. The van der Waals surface area contributed by atoms with Gasteiger partial charge in [-0.05, 0) is 25.7 Å². The molecule has 0 saturated heterocycles. The Kier molecular flexibility index (Phi) is 3.19. The predicted molar refractivity (Wildman–Crippen MR) is 48.0 cm³/mol. The van der Waals surface area contributed by atoms with Crippen LogP contribution in [-0.2, 0) is 0 Å². The third-order valence-corrected chi connectivity index (χ3v) is 2.51. The van der Waals surface area contributed by atoms with Gasteiger partial charge in [-0.25, -0.2) is 0 Å². The van der Waals surface area contributed by atoms with Crippen LogP contribution >= 0.6 is 0 Å². The van der Waals surface area contributed by atoms with Gasteiger partial charge in [0.05, 0.1) is 0 Å². The molecule has 0 amide bonds. The number of hydrogen-bond donors (Lipinski definition) is 2. The van der Waals surface area contributed by atoms with E-state index >= 15 is 0 Å². The van der Waals surface area contributed by atoms with Gasteiger partial charge in [0.25, 0.3) is 0 Å². The molecule has 1 aliphatic carbocycles. The van der Waals surface area contributed by atoms with Crippen LogP contribution in [0.1, 0.15) is 26.2 Å². The molecule has 0 aromatic carbocycles. The molecule has 12 heavy (non-hydrogen) atoms. The summed E-state index contributed by atoms with van der Waals surface area (Å²) in [5, 5.41) is 11.5. The molecule has 0 aromatic rings. The number of nitrogens with two attached hydrogens (primary N) is 1. The average Bonchev–Trinajstić information content (AvgIpc) is 2.02. The van der Waals surface area contributed by atoms with Crippen molar-refractivity contribution in [2.75, 3.05) is 13.1 Å². The second kappa shape index (κ2) is 4.18. The van der Waals surface area contributed by atoms with E-state index in [1.165, 1.54) is 19.3 Å². The van der Waals surface area contributed by atoms with E-state index in [4.69, 9.17) is 10.9 Å². The molecule has 0 radical (unpaired) electrons. The number of hydrogen-bond acceptors (Lipinski definition) is 2. The Bertz CT molecular complexity index is 166. The maximum absolute atomic E-state index is 8.46. The van der Waals surface area contributed by atoms with Gasteiger partial charge in [-0.2, -0.15) is 0 Å². The largest absolute Gasteiger partial charge is 0.408 e. The van der Waals surface area contributed by atoms with Crippen molar-refractivity contribution in [3.8, 4) is 0 Å². The summed E-state index contributed by atoms with van der Waals surface area (Å²) in [5.41, 5.74) is 5.48. The van der Waals surface area contributed by atoms with Crippen molar-refractivity contribution < 1.29 is 5.21 Å². The van der Waals surface area contributed by atoms with Crippen LogP contribution in [0.3, 0.4) is 0 Å². The van der Waals surface area contributed by atoms with Crippen LogP contribution in [0.4, 0.5) is 0 Å². The summed E-state index contributed by atoms with van der Waals surface area (Å²) in [5.74, 6) is 0.995. The highest BCUT2D eigenvalue weighted by molar-refractivity contribution is 5.77. The Hall–Kier alpha value is -0.930. The summed E-state index contributed by atoms with van der Waals surface area (Å²) in [6, 6.07) is 0. The second-order valence-electron chi connectivity index (χ2n) is 3.29. The first kappa shape index (κ1) is 9.16. The van der Waals surface area contributed by atoms with Gasteiger partial charge < -0.3 is 15.8 Å². The summed E-state index contributed by atoms with van der Waals surface area (Å²) >= 11 is 0. The highest BCUT2D eigenvalue weighted by Crippen LogP contribution is 2.26. The quantitative estimate of drug-likeness (QED) is 0.286. The highest BCUT2D eigenvalue weighted by atomic mass is 16.4. The van der Waals surface area contributed by atoms with Crippen LogP contribution in [0.5, 0.6) is 0 Å². The van der Waals surface area contributed by atoms with Gasteiger partial charge in [-0.1, -0.05) is 11.6 Å². The fourth-order valence-corrected chi connectivity index (χ4v) is 1.43. The lowest BCUT2D eigenvalue weighted by atomic mass is 9.85. The Balaban J connectivity index is 2.33. The molecule has 1 saturated carbocycles. The van der Waals surface area contributed by atoms with Crippen LogP contribution in [0, 0.1) is 5.92 Å². The van der Waals surface area contributed by atoms with Crippen molar-refractivity contribution in [2.45, 2.75) is 26.2 Å². The lowest BCUT2D eigenvalue weighted by molar-refractivity contribution is 0.232. The number of rotatable bonds is 3. The monoisotopic (exact) mass is 171 g/mol. The Morgan fingerprint density at radius 1 is 1.67 bits per heavy atom.